The molecule has 0 atom stereocenters. The maximum Gasteiger partial charge on any atom is 0.159 e. The summed E-state index contributed by atoms with van der Waals surface area (Å²) in [5.74, 6) is 2.14. The van der Waals surface area contributed by atoms with Gasteiger partial charge in [0, 0.05) is 20.1 Å². The van der Waals surface area contributed by atoms with E-state index < -0.39 is 0 Å². The number of ether oxygens (including phenoxy) is 1. The summed E-state index contributed by atoms with van der Waals surface area (Å²) >= 11 is 0. The highest BCUT2D eigenvalue weighted by Gasteiger charge is 2.34. The van der Waals surface area contributed by atoms with Crippen LogP contribution < -0.4 is 5.32 Å². The highest BCUT2D eigenvalue weighted by Crippen LogP contribution is 2.39. The first-order chi connectivity index (χ1) is 8.83. The molecule has 1 fully saturated rings. The van der Waals surface area contributed by atoms with Crippen molar-refractivity contribution in [3.8, 4) is 0 Å². The third kappa shape index (κ3) is 2.17. The Kier molecular flexibility index (Phi) is 3.35. The Labute approximate surface area is 108 Å². The van der Waals surface area contributed by atoms with E-state index in [2.05, 4.69) is 20.1 Å². The quantitative estimate of drug-likeness (QED) is 0.855. The van der Waals surface area contributed by atoms with E-state index in [0.29, 0.717) is 12.0 Å². The van der Waals surface area contributed by atoms with Gasteiger partial charge in [-0.3, -0.25) is 0 Å². The second-order valence-electron chi connectivity index (χ2n) is 5.62. The number of hydrogen-bond acceptors (Lipinski definition) is 4. The Morgan fingerprint density at radius 3 is 2.83 bits per heavy atom. The molecule has 2 aliphatic heterocycles. The molecule has 0 unspecified atom stereocenters. The van der Waals surface area contributed by atoms with E-state index in [1.165, 1.54) is 38.8 Å². The number of rotatable bonds is 2. The van der Waals surface area contributed by atoms with Crippen LogP contribution in [-0.2, 0) is 24.3 Å². The zero-order valence-corrected chi connectivity index (χ0v) is 11.1. The summed E-state index contributed by atoms with van der Waals surface area (Å²) in [6, 6.07) is 0. The maximum absolute atomic E-state index is 5.20. The number of aromatic nitrogens is 3. The van der Waals surface area contributed by atoms with Crippen LogP contribution in [0.1, 0.15) is 37.3 Å². The zero-order valence-electron chi connectivity index (χ0n) is 11.1. The van der Waals surface area contributed by atoms with Crippen LogP contribution in [-0.4, -0.2) is 35.0 Å². The first kappa shape index (κ1) is 12.1. The topological polar surface area (TPSA) is 52.0 Å². The molecular formula is C13H22N4O. The van der Waals surface area contributed by atoms with Gasteiger partial charge in [-0.25, -0.2) is 0 Å². The average molecular weight is 250 g/mol. The van der Waals surface area contributed by atoms with Gasteiger partial charge in [-0.2, -0.15) is 0 Å². The van der Waals surface area contributed by atoms with Crippen molar-refractivity contribution in [2.75, 3.05) is 20.2 Å². The Morgan fingerprint density at radius 1 is 1.22 bits per heavy atom. The van der Waals surface area contributed by atoms with Crippen LogP contribution in [0.4, 0.5) is 0 Å². The van der Waals surface area contributed by atoms with Crippen molar-refractivity contribution < 1.29 is 4.74 Å². The van der Waals surface area contributed by atoms with Gasteiger partial charge in [-0.05, 0) is 44.2 Å². The van der Waals surface area contributed by atoms with Crippen LogP contribution in [0.15, 0.2) is 0 Å². The van der Waals surface area contributed by atoms with Crippen molar-refractivity contribution in [1.29, 1.82) is 0 Å². The Balaban J connectivity index is 1.77. The molecule has 0 aliphatic carbocycles. The van der Waals surface area contributed by atoms with Gasteiger partial charge in [-0.15, -0.1) is 10.2 Å². The van der Waals surface area contributed by atoms with Gasteiger partial charge < -0.3 is 14.6 Å². The fourth-order valence-corrected chi connectivity index (χ4v) is 3.36. The SMILES string of the molecule is COCc1nnc2n1CCC1(CCNCC1)CC2. The Hall–Kier alpha value is -0.940. The monoisotopic (exact) mass is 250 g/mol. The first-order valence-corrected chi connectivity index (χ1v) is 6.94. The molecule has 1 saturated heterocycles. The zero-order chi connectivity index (χ0) is 12.4. The van der Waals surface area contributed by atoms with Gasteiger partial charge in [0.1, 0.15) is 12.4 Å². The molecule has 5 nitrogen and oxygen atoms in total. The number of aryl methyl sites for hydroxylation is 1. The molecule has 1 aromatic rings. The van der Waals surface area contributed by atoms with Crippen molar-refractivity contribution in [2.45, 2.75) is 45.3 Å². The fourth-order valence-electron chi connectivity index (χ4n) is 3.36. The summed E-state index contributed by atoms with van der Waals surface area (Å²) in [4.78, 5) is 0. The molecule has 2 aliphatic rings. The summed E-state index contributed by atoms with van der Waals surface area (Å²) in [5, 5.41) is 12.0. The van der Waals surface area contributed by atoms with Gasteiger partial charge >= 0.3 is 0 Å². The summed E-state index contributed by atoms with van der Waals surface area (Å²) in [5.41, 5.74) is 0.538. The van der Waals surface area contributed by atoms with Gasteiger partial charge in [0.05, 0.1) is 0 Å². The molecule has 5 heteroatoms. The van der Waals surface area contributed by atoms with E-state index in [0.717, 1.165) is 24.6 Å². The molecule has 0 aromatic carbocycles. The summed E-state index contributed by atoms with van der Waals surface area (Å²) < 4.78 is 7.47. The molecule has 0 saturated carbocycles. The summed E-state index contributed by atoms with van der Waals surface area (Å²) in [6.45, 7) is 3.97. The summed E-state index contributed by atoms with van der Waals surface area (Å²) in [7, 11) is 1.71. The lowest BCUT2D eigenvalue weighted by Crippen LogP contribution is -2.37. The second kappa shape index (κ2) is 4.97. The predicted molar refractivity (Wildman–Crippen MR) is 68.2 cm³/mol. The standard InChI is InChI=1S/C13H22N4O/c1-18-10-12-16-15-11-2-3-13(6-9-17(11)12)4-7-14-8-5-13/h14H,2-10H2,1H3. The molecule has 0 amide bonds. The third-order valence-electron chi connectivity index (χ3n) is 4.59. The van der Waals surface area contributed by atoms with Crippen LogP contribution >= 0.6 is 0 Å². The lowest BCUT2D eigenvalue weighted by atomic mass is 9.73. The van der Waals surface area contributed by atoms with Crippen LogP contribution in [0.25, 0.3) is 0 Å². The minimum absolute atomic E-state index is 0.538. The summed E-state index contributed by atoms with van der Waals surface area (Å²) in [6.07, 6.45) is 6.21. The van der Waals surface area contributed by atoms with Crippen molar-refractivity contribution >= 4 is 0 Å². The van der Waals surface area contributed by atoms with E-state index in [4.69, 9.17) is 4.74 Å². The molecule has 0 radical (unpaired) electrons. The molecule has 100 valence electrons. The molecule has 1 aromatic heterocycles. The lowest BCUT2D eigenvalue weighted by Gasteiger charge is -2.36. The van der Waals surface area contributed by atoms with E-state index in [9.17, 15) is 0 Å². The van der Waals surface area contributed by atoms with Gasteiger partial charge in [0.15, 0.2) is 5.82 Å². The van der Waals surface area contributed by atoms with E-state index in [1.807, 2.05) is 0 Å². The van der Waals surface area contributed by atoms with Crippen molar-refractivity contribution in [3.05, 3.63) is 11.6 Å². The molecule has 3 heterocycles. The largest absolute Gasteiger partial charge is 0.377 e. The first-order valence-electron chi connectivity index (χ1n) is 6.94. The van der Waals surface area contributed by atoms with Gasteiger partial charge in [0.2, 0.25) is 0 Å². The fraction of sp³-hybridized carbons (Fsp3) is 0.846. The highest BCUT2D eigenvalue weighted by molar-refractivity contribution is 5.01. The van der Waals surface area contributed by atoms with Gasteiger partial charge in [0.25, 0.3) is 0 Å². The molecule has 1 N–H and O–H groups in total. The normalized spacial score (nSPS) is 22.7. The molecule has 3 rings (SSSR count). The van der Waals surface area contributed by atoms with Crippen LogP contribution in [0.5, 0.6) is 0 Å². The van der Waals surface area contributed by atoms with Crippen LogP contribution in [0, 0.1) is 5.41 Å². The molecular weight excluding hydrogens is 228 g/mol. The van der Waals surface area contributed by atoms with Gasteiger partial charge in [-0.1, -0.05) is 0 Å². The van der Waals surface area contributed by atoms with Crippen LogP contribution in [0.2, 0.25) is 0 Å². The number of hydrogen-bond donors (Lipinski definition) is 1. The number of methoxy groups -OCH3 is 1. The van der Waals surface area contributed by atoms with Crippen molar-refractivity contribution in [1.82, 2.24) is 20.1 Å². The Bertz CT molecular complexity index is 409. The number of piperidine rings is 1. The predicted octanol–water partition coefficient (Wildman–Crippen LogP) is 1.13. The lowest BCUT2D eigenvalue weighted by molar-refractivity contribution is 0.160. The third-order valence-corrected chi connectivity index (χ3v) is 4.59. The van der Waals surface area contributed by atoms with Crippen LogP contribution in [0.3, 0.4) is 0 Å². The van der Waals surface area contributed by atoms with Crippen molar-refractivity contribution in [3.63, 3.8) is 0 Å². The molecule has 1 spiro atoms. The average Bonchev–Trinajstić information content (AvgIpc) is 2.70. The molecule has 0 bridgehead atoms. The number of fused-ring (bicyclic) bond motifs is 1. The smallest absolute Gasteiger partial charge is 0.159 e. The molecule has 18 heavy (non-hydrogen) atoms. The van der Waals surface area contributed by atoms with E-state index >= 15 is 0 Å². The van der Waals surface area contributed by atoms with E-state index in [-0.39, 0.29) is 0 Å². The Morgan fingerprint density at radius 2 is 2.06 bits per heavy atom. The number of nitrogens with zero attached hydrogens (tertiary/aromatic N) is 3. The minimum atomic E-state index is 0.538. The van der Waals surface area contributed by atoms with E-state index in [1.54, 1.807) is 7.11 Å². The maximum atomic E-state index is 5.20. The minimum Gasteiger partial charge on any atom is -0.377 e. The second-order valence-corrected chi connectivity index (χ2v) is 5.62. The van der Waals surface area contributed by atoms with Crippen molar-refractivity contribution in [2.24, 2.45) is 5.41 Å². The number of nitrogens with one attached hydrogen (secondary N) is 1. The highest BCUT2D eigenvalue weighted by atomic mass is 16.5.